The molecule has 2 aromatic carbocycles. The minimum absolute atomic E-state index is 0.0447. The fourth-order valence-corrected chi connectivity index (χ4v) is 4.61. The molecule has 1 atom stereocenters. The highest BCUT2D eigenvalue weighted by molar-refractivity contribution is 5.79. The average Bonchev–Trinajstić information content (AvgIpc) is 3.45. The molecular formula is C24H29N3O4. The van der Waals surface area contributed by atoms with Crippen molar-refractivity contribution < 1.29 is 18.9 Å². The Balaban J connectivity index is 1.22. The molecule has 0 aliphatic carbocycles. The number of guanidine groups is 1. The van der Waals surface area contributed by atoms with Gasteiger partial charge in [0.2, 0.25) is 6.79 Å². The van der Waals surface area contributed by atoms with Gasteiger partial charge in [-0.25, -0.2) is 0 Å². The van der Waals surface area contributed by atoms with Crippen LogP contribution in [0.5, 0.6) is 17.2 Å². The Morgan fingerprint density at radius 3 is 2.71 bits per heavy atom. The summed E-state index contributed by atoms with van der Waals surface area (Å²) in [7, 11) is 1.80. The van der Waals surface area contributed by atoms with E-state index in [-0.39, 0.29) is 18.3 Å². The van der Waals surface area contributed by atoms with Crippen molar-refractivity contribution in [2.24, 2.45) is 4.99 Å². The molecule has 3 aliphatic rings. The van der Waals surface area contributed by atoms with E-state index >= 15 is 0 Å². The van der Waals surface area contributed by atoms with Crippen LogP contribution in [0.25, 0.3) is 0 Å². The zero-order valence-corrected chi connectivity index (χ0v) is 17.9. The number of hydrogen-bond acceptors (Lipinski definition) is 5. The van der Waals surface area contributed by atoms with Gasteiger partial charge in [-0.2, -0.15) is 0 Å². The number of benzene rings is 2. The van der Waals surface area contributed by atoms with Crippen molar-refractivity contribution in [3.8, 4) is 17.2 Å². The highest BCUT2D eigenvalue weighted by Crippen LogP contribution is 2.40. The van der Waals surface area contributed by atoms with Gasteiger partial charge in [0.15, 0.2) is 17.5 Å². The van der Waals surface area contributed by atoms with Gasteiger partial charge in [-0.3, -0.25) is 4.99 Å². The summed E-state index contributed by atoms with van der Waals surface area (Å²) in [6, 6.07) is 14.5. The number of para-hydroxylation sites is 1. The maximum absolute atomic E-state index is 6.04. The molecule has 1 fully saturated rings. The molecule has 7 nitrogen and oxygen atoms in total. The highest BCUT2D eigenvalue weighted by atomic mass is 16.7. The molecule has 0 radical (unpaired) electrons. The largest absolute Gasteiger partial charge is 0.488 e. The fourth-order valence-electron chi connectivity index (χ4n) is 4.61. The van der Waals surface area contributed by atoms with Crippen LogP contribution in [0.15, 0.2) is 47.5 Å². The second-order valence-electron chi connectivity index (χ2n) is 8.32. The number of fused-ring (bicyclic) bond motifs is 2. The van der Waals surface area contributed by atoms with E-state index in [1.165, 1.54) is 11.1 Å². The SMILES string of the molecule is CN=C(NCC1Cc2ccccc2O1)NCC1(c2ccc3c(c2)OCO3)CCOCC1. The predicted molar refractivity (Wildman–Crippen MR) is 118 cm³/mol. The Morgan fingerprint density at radius 2 is 1.87 bits per heavy atom. The molecule has 2 N–H and O–H groups in total. The van der Waals surface area contributed by atoms with Gasteiger partial charge >= 0.3 is 0 Å². The number of aliphatic imine (C=N–C) groups is 1. The van der Waals surface area contributed by atoms with E-state index in [0.717, 1.165) is 62.2 Å². The summed E-state index contributed by atoms with van der Waals surface area (Å²) in [5, 5.41) is 6.98. The summed E-state index contributed by atoms with van der Waals surface area (Å²) in [4.78, 5) is 4.43. The minimum Gasteiger partial charge on any atom is -0.488 e. The molecule has 164 valence electrons. The van der Waals surface area contributed by atoms with E-state index in [0.29, 0.717) is 6.54 Å². The molecule has 3 heterocycles. The van der Waals surface area contributed by atoms with Gasteiger partial charge in [-0.15, -0.1) is 0 Å². The van der Waals surface area contributed by atoms with Crippen molar-refractivity contribution in [2.45, 2.75) is 30.8 Å². The molecule has 5 rings (SSSR count). The molecule has 0 bridgehead atoms. The fraction of sp³-hybridized carbons (Fsp3) is 0.458. The van der Waals surface area contributed by atoms with Crippen LogP contribution in [0.1, 0.15) is 24.0 Å². The van der Waals surface area contributed by atoms with Crippen LogP contribution >= 0.6 is 0 Å². The van der Waals surface area contributed by atoms with Gasteiger partial charge in [-0.1, -0.05) is 24.3 Å². The van der Waals surface area contributed by atoms with Crippen molar-refractivity contribution in [1.29, 1.82) is 0 Å². The number of rotatable bonds is 5. The lowest BCUT2D eigenvalue weighted by molar-refractivity contribution is 0.0513. The summed E-state index contributed by atoms with van der Waals surface area (Å²) < 4.78 is 22.8. The first-order valence-electron chi connectivity index (χ1n) is 10.9. The van der Waals surface area contributed by atoms with E-state index in [9.17, 15) is 0 Å². The van der Waals surface area contributed by atoms with Crippen molar-refractivity contribution >= 4 is 5.96 Å². The summed E-state index contributed by atoms with van der Waals surface area (Å²) >= 11 is 0. The quantitative estimate of drug-likeness (QED) is 0.569. The van der Waals surface area contributed by atoms with E-state index in [4.69, 9.17) is 18.9 Å². The van der Waals surface area contributed by atoms with E-state index in [2.05, 4.69) is 39.9 Å². The molecule has 0 saturated carbocycles. The van der Waals surface area contributed by atoms with Gasteiger partial charge in [-0.05, 0) is 42.2 Å². The average molecular weight is 424 g/mol. The zero-order valence-electron chi connectivity index (χ0n) is 17.9. The summed E-state index contributed by atoms with van der Waals surface area (Å²) in [6.45, 7) is 3.25. The molecule has 7 heteroatoms. The molecule has 31 heavy (non-hydrogen) atoms. The van der Waals surface area contributed by atoms with Gasteiger partial charge < -0.3 is 29.6 Å². The number of hydrogen-bond donors (Lipinski definition) is 2. The van der Waals surface area contributed by atoms with Crippen molar-refractivity contribution in [3.63, 3.8) is 0 Å². The molecular weight excluding hydrogens is 394 g/mol. The van der Waals surface area contributed by atoms with Crippen molar-refractivity contribution in [1.82, 2.24) is 10.6 Å². The molecule has 1 saturated heterocycles. The van der Waals surface area contributed by atoms with Gasteiger partial charge in [0.05, 0.1) is 6.54 Å². The Morgan fingerprint density at radius 1 is 1.03 bits per heavy atom. The lowest BCUT2D eigenvalue weighted by Crippen LogP contribution is -2.49. The monoisotopic (exact) mass is 423 g/mol. The zero-order chi connectivity index (χ0) is 21.1. The van der Waals surface area contributed by atoms with Gasteiger partial charge in [0.25, 0.3) is 0 Å². The molecule has 2 aromatic rings. The van der Waals surface area contributed by atoms with Gasteiger partial charge in [0, 0.05) is 38.6 Å². The van der Waals surface area contributed by atoms with E-state index < -0.39 is 0 Å². The van der Waals surface area contributed by atoms with E-state index in [1.54, 1.807) is 7.05 Å². The molecule has 0 spiro atoms. The van der Waals surface area contributed by atoms with Crippen LogP contribution < -0.4 is 24.8 Å². The Kier molecular flexibility index (Phi) is 5.59. The molecule has 0 amide bonds. The van der Waals surface area contributed by atoms with Crippen LogP contribution in [-0.2, 0) is 16.6 Å². The maximum Gasteiger partial charge on any atom is 0.231 e. The van der Waals surface area contributed by atoms with Crippen LogP contribution in [0.4, 0.5) is 0 Å². The first-order chi connectivity index (χ1) is 15.3. The third kappa shape index (κ3) is 4.14. The van der Waals surface area contributed by atoms with Crippen LogP contribution in [0.2, 0.25) is 0 Å². The third-order valence-electron chi connectivity index (χ3n) is 6.46. The van der Waals surface area contributed by atoms with Crippen molar-refractivity contribution in [2.75, 3.05) is 40.1 Å². The number of nitrogens with zero attached hydrogens (tertiary/aromatic N) is 1. The lowest BCUT2D eigenvalue weighted by atomic mass is 9.74. The van der Waals surface area contributed by atoms with Crippen molar-refractivity contribution in [3.05, 3.63) is 53.6 Å². The maximum atomic E-state index is 6.04. The molecule has 0 aromatic heterocycles. The standard InChI is InChI=1S/C24H29N3O4/c1-25-23(26-14-19-12-17-4-2-3-5-20(17)31-19)27-15-24(8-10-28-11-9-24)18-6-7-21-22(13-18)30-16-29-21/h2-7,13,19H,8-12,14-16H2,1H3,(H2,25,26,27). The first-order valence-corrected chi connectivity index (χ1v) is 10.9. The molecule has 1 unspecified atom stereocenters. The summed E-state index contributed by atoms with van der Waals surface area (Å²) in [5.74, 6) is 3.41. The number of ether oxygens (including phenoxy) is 4. The Hall–Kier alpha value is -2.93. The second kappa shape index (κ2) is 8.67. The number of nitrogens with one attached hydrogen (secondary N) is 2. The lowest BCUT2D eigenvalue weighted by Gasteiger charge is -2.38. The van der Waals surface area contributed by atoms with E-state index in [1.807, 2.05) is 18.2 Å². The highest BCUT2D eigenvalue weighted by Gasteiger charge is 2.36. The third-order valence-corrected chi connectivity index (χ3v) is 6.46. The van der Waals surface area contributed by atoms with Crippen LogP contribution in [0, 0.1) is 0 Å². The summed E-state index contributed by atoms with van der Waals surface area (Å²) in [6.07, 6.45) is 2.91. The normalized spacial score (nSPS) is 21.3. The Labute approximate surface area is 182 Å². The summed E-state index contributed by atoms with van der Waals surface area (Å²) in [5.41, 5.74) is 2.47. The Bertz CT molecular complexity index is 931. The van der Waals surface area contributed by atoms with Gasteiger partial charge in [0.1, 0.15) is 11.9 Å². The topological polar surface area (TPSA) is 73.3 Å². The van der Waals surface area contributed by atoms with Crippen LogP contribution in [0.3, 0.4) is 0 Å². The molecule has 3 aliphatic heterocycles. The minimum atomic E-state index is -0.0447. The second-order valence-corrected chi connectivity index (χ2v) is 8.32. The predicted octanol–water partition coefficient (Wildman–Crippen LogP) is 2.63. The smallest absolute Gasteiger partial charge is 0.231 e. The van der Waals surface area contributed by atoms with Crippen LogP contribution in [-0.4, -0.2) is 52.2 Å². The first kappa shape index (κ1) is 20.0.